The highest BCUT2D eigenvalue weighted by atomic mass is 19.4. The molecule has 1 unspecified atom stereocenters. The molecule has 2 N–H and O–H groups in total. The van der Waals surface area contributed by atoms with E-state index < -0.39 is 23.6 Å². The fraction of sp³-hybridized carbons (Fsp3) is 0.286. The van der Waals surface area contributed by atoms with E-state index in [1.807, 2.05) is 0 Å². The number of aromatic nitrogens is 2. The van der Waals surface area contributed by atoms with Gasteiger partial charge in [-0.25, -0.2) is 14.2 Å². The number of benzene rings is 1. The topological polar surface area (TPSA) is 59.0 Å². The Morgan fingerprint density at radius 1 is 1.39 bits per heavy atom. The molecule has 0 saturated heterocycles. The third-order valence-electron chi connectivity index (χ3n) is 2.95. The molecule has 0 spiro atoms. The highest BCUT2D eigenvalue weighted by Gasteiger charge is 2.34. The van der Waals surface area contributed by atoms with Crippen molar-refractivity contribution in [1.82, 2.24) is 14.9 Å². The van der Waals surface area contributed by atoms with E-state index in [0.29, 0.717) is 18.7 Å². The van der Waals surface area contributed by atoms with Crippen LogP contribution >= 0.6 is 0 Å². The number of hydrogen-bond donors (Lipinski definition) is 2. The summed E-state index contributed by atoms with van der Waals surface area (Å²) >= 11 is 0. The minimum Gasteiger partial charge on any atom is -0.335 e. The number of carbonyl (C=O) groups excluding carboxylic acids is 1. The van der Waals surface area contributed by atoms with Gasteiger partial charge < -0.3 is 15.2 Å². The van der Waals surface area contributed by atoms with Crippen LogP contribution in [0.2, 0.25) is 0 Å². The lowest BCUT2D eigenvalue weighted by molar-refractivity contribution is -0.139. The van der Waals surface area contributed by atoms with Gasteiger partial charge in [-0.15, -0.1) is 0 Å². The Hall–Kier alpha value is -2.58. The molecule has 9 heteroatoms. The lowest BCUT2D eigenvalue weighted by Crippen LogP contribution is -2.38. The van der Waals surface area contributed by atoms with Gasteiger partial charge in [0.05, 0.1) is 11.9 Å². The van der Waals surface area contributed by atoms with Crippen molar-refractivity contribution in [3.8, 4) is 0 Å². The Morgan fingerprint density at radius 2 is 2.13 bits per heavy atom. The van der Waals surface area contributed by atoms with E-state index in [9.17, 15) is 22.4 Å². The van der Waals surface area contributed by atoms with E-state index in [2.05, 4.69) is 15.6 Å². The van der Waals surface area contributed by atoms with Crippen LogP contribution in [0.25, 0.3) is 0 Å². The lowest BCUT2D eigenvalue weighted by Gasteiger charge is -2.16. The molecule has 0 aliphatic carbocycles. The zero-order valence-corrected chi connectivity index (χ0v) is 12.1. The summed E-state index contributed by atoms with van der Waals surface area (Å²) in [5, 5.41) is 4.82. The number of anilines is 1. The molecule has 0 aliphatic rings. The monoisotopic (exact) mass is 330 g/mol. The molecule has 2 aromatic rings. The first kappa shape index (κ1) is 16.8. The summed E-state index contributed by atoms with van der Waals surface area (Å²) in [6, 6.07) is 1.30. The predicted octanol–water partition coefficient (Wildman–Crippen LogP) is 3.25. The molecule has 124 valence electrons. The van der Waals surface area contributed by atoms with Crippen LogP contribution in [0.1, 0.15) is 12.5 Å². The summed E-state index contributed by atoms with van der Waals surface area (Å²) in [6.07, 6.45) is 0.0499. The van der Waals surface area contributed by atoms with Crippen molar-refractivity contribution in [1.29, 1.82) is 0 Å². The summed E-state index contributed by atoms with van der Waals surface area (Å²) in [5.74, 6) is -1.39. The zero-order chi connectivity index (χ0) is 17.0. The first-order valence-corrected chi connectivity index (χ1v) is 6.65. The maximum atomic E-state index is 13.2. The summed E-state index contributed by atoms with van der Waals surface area (Å²) < 4.78 is 52.7. The van der Waals surface area contributed by atoms with Gasteiger partial charge in [-0.2, -0.15) is 13.2 Å². The first-order chi connectivity index (χ1) is 10.8. The van der Waals surface area contributed by atoms with Crippen molar-refractivity contribution in [3.63, 3.8) is 0 Å². The molecular formula is C14H14F4N4O. The third-order valence-corrected chi connectivity index (χ3v) is 2.95. The van der Waals surface area contributed by atoms with Gasteiger partial charge in [0, 0.05) is 30.7 Å². The van der Waals surface area contributed by atoms with E-state index in [1.165, 1.54) is 0 Å². The summed E-state index contributed by atoms with van der Waals surface area (Å²) in [6.45, 7) is 2.18. The van der Waals surface area contributed by atoms with Crippen molar-refractivity contribution in [2.75, 3.05) is 5.32 Å². The maximum absolute atomic E-state index is 13.2. The molecule has 1 atom stereocenters. The second-order valence-corrected chi connectivity index (χ2v) is 4.95. The number of halogens is 4. The van der Waals surface area contributed by atoms with Crippen LogP contribution in [-0.4, -0.2) is 21.6 Å². The van der Waals surface area contributed by atoms with Crippen molar-refractivity contribution in [2.24, 2.45) is 0 Å². The van der Waals surface area contributed by atoms with E-state index in [-0.39, 0.29) is 11.7 Å². The van der Waals surface area contributed by atoms with Crippen LogP contribution in [0.15, 0.2) is 36.9 Å². The van der Waals surface area contributed by atoms with Crippen LogP contribution < -0.4 is 10.6 Å². The average Bonchev–Trinajstić information content (AvgIpc) is 2.92. The van der Waals surface area contributed by atoms with Crippen LogP contribution in [0.4, 0.5) is 28.0 Å². The number of hydrogen-bond acceptors (Lipinski definition) is 2. The van der Waals surface area contributed by atoms with Gasteiger partial charge in [-0.3, -0.25) is 0 Å². The standard InChI is InChI=1S/C14H14F4N4O/c1-9(7-22-5-4-19-8-22)20-13(23)21-10-2-3-12(15)11(6-10)14(16,17)18/h2-6,8-9H,7H2,1H3,(H2,20,21,23). The highest BCUT2D eigenvalue weighted by Crippen LogP contribution is 2.32. The van der Waals surface area contributed by atoms with Crippen molar-refractivity contribution < 1.29 is 22.4 Å². The van der Waals surface area contributed by atoms with Crippen molar-refractivity contribution in [2.45, 2.75) is 25.7 Å². The summed E-state index contributed by atoms with van der Waals surface area (Å²) in [4.78, 5) is 15.6. The Labute approximate surface area is 129 Å². The van der Waals surface area contributed by atoms with Gasteiger partial charge in [-0.05, 0) is 25.1 Å². The molecule has 23 heavy (non-hydrogen) atoms. The van der Waals surface area contributed by atoms with Crippen LogP contribution in [0, 0.1) is 5.82 Å². The Bertz CT molecular complexity index is 670. The lowest BCUT2D eigenvalue weighted by atomic mass is 10.2. The van der Waals surface area contributed by atoms with Crippen LogP contribution in [0.5, 0.6) is 0 Å². The fourth-order valence-corrected chi connectivity index (χ4v) is 1.97. The molecule has 0 aliphatic heterocycles. The number of rotatable bonds is 4. The number of carbonyl (C=O) groups is 1. The Morgan fingerprint density at radius 3 is 2.74 bits per heavy atom. The van der Waals surface area contributed by atoms with E-state index in [0.717, 1.165) is 6.07 Å². The zero-order valence-electron chi connectivity index (χ0n) is 12.1. The largest absolute Gasteiger partial charge is 0.419 e. The average molecular weight is 330 g/mol. The number of amides is 2. The predicted molar refractivity (Wildman–Crippen MR) is 75.2 cm³/mol. The molecule has 1 aromatic carbocycles. The molecule has 0 saturated carbocycles. The van der Waals surface area contributed by atoms with E-state index in [4.69, 9.17) is 0 Å². The number of alkyl halides is 3. The Kier molecular flexibility index (Phi) is 4.87. The van der Waals surface area contributed by atoms with Gasteiger partial charge in [-0.1, -0.05) is 0 Å². The first-order valence-electron chi connectivity index (χ1n) is 6.65. The number of nitrogens with one attached hydrogen (secondary N) is 2. The van der Waals surface area contributed by atoms with Gasteiger partial charge in [0.1, 0.15) is 5.82 Å². The molecule has 0 bridgehead atoms. The minimum atomic E-state index is -4.83. The van der Waals surface area contributed by atoms with Crippen molar-refractivity contribution in [3.05, 3.63) is 48.3 Å². The molecule has 1 aromatic heterocycles. The third kappa shape index (κ3) is 4.70. The Balaban J connectivity index is 1.97. The van der Waals surface area contributed by atoms with E-state index >= 15 is 0 Å². The maximum Gasteiger partial charge on any atom is 0.419 e. The minimum absolute atomic E-state index is 0.147. The second kappa shape index (κ2) is 6.67. The SMILES string of the molecule is CC(Cn1ccnc1)NC(=O)Nc1ccc(F)c(C(F)(F)F)c1. The quantitative estimate of drug-likeness (QED) is 0.846. The number of nitrogens with zero attached hydrogens (tertiary/aromatic N) is 2. The van der Waals surface area contributed by atoms with Crippen LogP contribution in [-0.2, 0) is 12.7 Å². The molecule has 5 nitrogen and oxygen atoms in total. The normalized spacial score (nSPS) is 12.7. The molecule has 1 heterocycles. The number of urea groups is 1. The molecule has 2 amide bonds. The number of imidazole rings is 1. The van der Waals surface area contributed by atoms with Crippen molar-refractivity contribution >= 4 is 11.7 Å². The fourth-order valence-electron chi connectivity index (χ4n) is 1.97. The van der Waals surface area contributed by atoms with E-state index in [1.54, 1.807) is 30.2 Å². The van der Waals surface area contributed by atoms with Gasteiger partial charge >= 0.3 is 12.2 Å². The van der Waals surface area contributed by atoms with Gasteiger partial charge in [0.15, 0.2) is 0 Å². The molecule has 0 fully saturated rings. The molecule has 2 rings (SSSR count). The van der Waals surface area contributed by atoms with Gasteiger partial charge in [0.2, 0.25) is 0 Å². The second-order valence-electron chi connectivity index (χ2n) is 4.95. The smallest absolute Gasteiger partial charge is 0.335 e. The van der Waals surface area contributed by atoms with Crippen LogP contribution in [0.3, 0.4) is 0 Å². The van der Waals surface area contributed by atoms with Gasteiger partial charge in [0.25, 0.3) is 0 Å². The summed E-state index contributed by atoms with van der Waals surface area (Å²) in [5.41, 5.74) is -1.58. The highest BCUT2D eigenvalue weighted by molar-refractivity contribution is 5.89. The molecule has 0 radical (unpaired) electrons. The summed E-state index contributed by atoms with van der Waals surface area (Å²) in [7, 11) is 0. The molecular weight excluding hydrogens is 316 g/mol.